The van der Waals surface area contributed by atoms with Crippen LogP contribution in [0.15, 0.2) is 48.6 Å². The SMILES string of the molecule is CCCCCC=CCC=CCC=CCC=CCCCC(=O)C(OP(=O)(O)OCC[N+](C)(C)C)[C@@H](O)CO. The third-order valence-electron chi connectivity index (χ3n) is 5.37. The van der Waals surface area contributed by atoms with E-state index in [1.54, 1.807) is 0 Å². The first-order chi connectivity index (χ1) is 17.5. The number of phosphoric acid groups is 1. The van der Waals surface area contributed by atoms with Gasteiger partial charge in [0.15, 0.2) is 11.9 Å². The van der Waals surface area contributed by atoms with Gasteiger partial charge in [0.2, 0.25) is 0 Å². The third kappa shape index (κ3) is 22.3. The van der Waals surface area contributed by atoms with E-state index in [0.717, 1.165) is 25.7 Å². The molecule has 3 N–H and O–H groups in total. The van der Waals surface area contributed by atoms with Crippen LogP contribution in [0.3, 0.4) is 0 Å². The summed E-state index contributed by atoms with van der Waals surface area (Å²) in [5.41, 5.74) is 0. The average Bonchev–Trinajstić information content (AvgIpc) is 2.82. The molecule has 0 heterocycles. The van der Waals surface area contributed by atoms with Crippen molar-refractivity contribution in [3.8, 4) is 0 Å². The van der Waals surface area contributed by atoms with Crippen molar-refractivity contribution in [2.75, 3.05) is 40.9 Å². The predicted octanol–water partition coefficient (Wildman–Crippen LogP) is 5.26. The molecule has 3 atom stereocenters. The zero-order valence-corrected chi connectivity index (χ0v) is 24.2. The number of phosphoric ester groups is 1. The minimum atomic E-state index is -4.56. The minimum Gasteiger partial charge on any atom is -0.394 e. The summed E-state index contributed by atoms with van der Waals surface area (Å²) in [5, 5.41) is 19.2. The molecule has 0 saturated carbocycles. The Kier molecular flexibility index (Phi) is 20.7. The Morgan fingerprint density at radius 3 is 1.89 bits per heavy atom. The summed E-state index contributed by atoms with van der Waals surface area (Å²) in [4.78, 5) is 22.4. The fraction of sp³-hybridized carbons (Fsp3) is 0.679. The van der Waals surface area contributed by atoms with E-state index in [-0.39, 0.29) is 13.0 Å². The summed E-state index contributed by atoms with van der Waals surface area (Å²) in [6.45, 7) is 1.83. The normalized spacial score (nSPS) is 16.3. The van der Waals surface area contributed by atoms with E-state index in [1.807, 2.05) is 33.3 Å². The lowest BCUT2D eigenvalue weighted by Gasteiger charge is -2.26. The van der Waals surface area contributed by atoms with Crippen LogP contribution in [0, 0.1) is 0 Å². The van der Waals surface area contributed by atoms with Crippen molar-refractivity contribution in [1.82, 2.24) is 0 Å². The standard InChI is InChI=1S/C28H50NO7P/c1-5-6-7-8-9-10-11-12-13-14-15-16-17-18-19-20-21-22-26(31)28(27(32)25-30)36-37(33,34)35-24-23-29(2,3)4/h9-10,12-13,15-16,18-19,27-28,30,32H,5-8,11,14,17,20-25H2,1-4H3/p+1/t27-,28?/m0/s1. The molecule has 0 rings (SSSR count). The van der Waals surface area contributed by atoms with E-state index in [9.17, 15) is 24.5 Å². The number of carbonyl (C=O) groups is 1. The highest BCUT2D eigenvalue weighted by molar-refractivity contribution is 7.47. The molecular weight excluding hydrogens is 493 g/mol. The molecule has 0 saturated heterocycles. The lowest BCUT2D eigenvalue weighted by atomic mass is 10.0. The molecule has 2 unspecified atom stereocenters. The quantitative estimate of drug-likeness (QED) is 0.0696. The number of likely N-dealkylation sites (N-methyl/N-ethyl adjacent to an activating group) is 1. The van der Waals surface area contributed by atoms with Crippen molar-refractivity contribution in [2.24, 2.45) is 0 Å². The molecule has 8 nitrogen and oxygen atoms in total. The Hall–Kier alpha value is -1.38. The maximum absolute atomic E-state index is 12.5. The molecule has 0 aliphatic heterocycles. The number of rotatable bonds is 23. The van der Waals surface area contributed by atoms with Crippen LogP contribution in [0.25, 0.3) is 0 Å². The van der Waals surface area contributed by atoms with Crippen LogP contribution in [0.1, 0.15) is 71.1 Å². The smallest absolute Gasteiger partial charge is 0.394 e. The van der Waals surface area contributed by atoms with Gasteiger partial charge in [0.1, 0.15) is 19.3 Å². The van der Waals surface area contributed by atoms with E-state index in [0.29, 0.717) is 23.9 Å². The zero-order valence-electron chi connectivity index (χ0n) is 23.3. The molecule has 37 heavy (non-hydrogen) atoms. The number of aliphatic hydroxyl groups excluding tert-OH is 2. The second kappa shape index (κ2) is 21.5. The topological polar surface area (TPSA) is 113 Å². The Morgan fingerprint density at radius 2 is 1.41 bits per heavy atom. The predicted molar refractivity (Wildman–Crippen MR) is 150 cm³/mol. The first-order valence-electron chi connectivity index (χ1n) is 13.4. The summed E-state index contributed by atoms with van der Waals surface area (Å²) in [6.07, 6.45) is 22.6. The number of nitrogens with zero attached hydrogens (tertiary/aromatic N) is 1. The van der Waals surface area contributed by atoms with Crippen molar-refractivity contribution in [2.45, 2.75) is 83.3 Å². The lowest BCUT2D eigenvalue weighted by Crippen LogP contribution is -2.39. The van der Waals surface area contributed by atoms with Crippen molar-refractivity contribution in [3.05, 3.63) is 48.6 Å². The zero-order chi connectivity index (χ0) is 28.0. The van der Waals surface area contributed by atoms with E-state index < -0.39 is 32.4 Å². The monoisotopic (exact) mass is 544 g/mol. The average molecular weight is 545 g/mol. The largest absolute Gasteiger partial charge is 0.473 e. The summed E-state index contributed by atoms with van der Waals surface area (Å²) in [7, 11) is 1.12. The van der Waals surface area contributed by atoms with E-state index >= 15 is 0 Å². The fourth-order valence-electron chi connectivity index (χ4n) is 3.14. The number of hydrogen-bond acceptors (Lipinski definition) is 6. The highest BCUT2D eigenvalue weighted by atomic mass is 31.2. The Balaban J connectivity index is 4.24. The van der Waals surface area contributed by atoms with Gasteiger partial charge >= 0.3 is 7.82 Å². The molecule has 0 aromatic heterocycles. The van der Waals surface area contributed by atoms with Gasteiger partial charge in [-0.15, -0.1) is 0 Å². The van der Waals surface area contributed by atoms with Gasteiger partial charge in [-0.2, -0.15) is 0 Å². The Labute approximate surface area is 224 Å². The minimum absolute atomic E-state index is 0.0403. The Morgan fingerprint density at radius 1 is 0.892 bits per heavy atom. The fourth-order valence-corrected chi connectivity index (χ4v) is 4.06. The number of quaternary nitrogens is 1. The van der Waals surface area contributed by atoms with Gasteiger partial charge < -0.3 is 19.6 Å². The first-order valence-corrected chi connectivity index (χ1v) is 14.9. The van der Waals surface area contributed by atoms with E-state index in [4.69, 9.17) is 9.05 Å². The van der Waals surface area contributed by atoms with Crippen LogP contribution in [0.5, 0.6) is 0 Å². The number of ketones is 1. The van der Waals surface area contributed by atoms with Crippen molar-refractivity contribution < 1.29 is 38.0 Å². The molecule has 0 amide bonds. The molecule has 0 aromatic rings. The number of unbranched alkanes of at least 4 members (excludes halogenated alkanes) is 4. The second-order valence-corrected chi connectivity index (χ2v) is 11.4. The van der Waals surface area contributed by atoms with Crippen molar-refractivity contribution in [3.63, 3.8) is 0 Å². The van der Waals surface area contributed by atoms with Crippen molar-refractivity contribution in [1.29, 1.82) is 0 Å². The highest BCUT2D eigenvalue weighted by Gasteiger charge is 2.35. The molecule has 0 aliphatic carbocycles. The molecule has 214 valence electrons. The van der Waals surface area contributed by atoms with Crippen LogP contribution >= 0.6 is 7.82 Å². The van der Waals surface area contributed by atoms with Gasteiger partial charge in [-0.05, 0) is 44.9 Å². The van der Waals surface area contributed by atoms with E-state index in [1.165, 1.54) is 19.3 Å². The van der Waals surface area contributed by atoms with E-state index in [2.05, 4.69) is 43.4 Å². The number of allylic oxidation sites excluding steroid dienone is 8. The molecule has 9 heteroatoms. The second-order valence-electron chi connectivity index (χ2n) is 10.0. The highest BCUT2D eigenvalue weighted by Crippen LogP contribution is 2.45. The van der Waals surface area contributed by atoms with Gasteiger partial charge in [-0.3, -0.25) is 13.8 Å². The first kappa shape index (κ1) is 35.6. The summed E-state index contributed by atoms with van der Waals surface area (Å²) >= 11 is 0. The van der Waals surface area contributed by atoms with Crippen LogP contribution in [0.2, 0.25) is 0 Å². The van der Waals surface area contributed by atoms with Crippen LogP contribution in [-0.4, -0.2) is 78.5 Å². The van der Waals surface area contributed by atoms with Gasteiger partial charge in [0.25, 0.3) is 0 Å². The van der Waals surface area contributed by atoms with Crippen LogP contribution in [0.4, 0.5) is 0 Å². The third-order valence-corrected chi connectivity index (χ3v) is 6.37. The maximum atomic E-state index is 12.5. The molecule has 0 spiro atoms. The number of carbonyl (C=O) groups excluding carboxylic acids is 1. The van der Waals surface area contributed by atoms with Crippen molar-refractivity contribution >= 4 is 13.6 Å². The molecule has 0 aliphatic rings. The maximum Gasteiger partial charge on any atom is 0.473 e. The van der Waals surface area contributed by atoms with Gasteiger partial charge in [-0.25, -0.2) is 4.57 Å². The molecule has 0 bridgehead atoms. The molecule has 0 fully saturated rings. The number of aliphatic hydroxyl groups is 2. The number of Topliss-reactive ketones (excluding diaryl/α,β-unsaturated/α-hetero) is 1. The summed E-state index contributed by atoms with van der Waals surface area (Å²) in [6, 6.07) is 0. The lowest BCUT2D eigenvalue weighted by molar-refractivity contribution is -0.870. The summed E-state index contributed by atoms with van der Waals surface area (Å²) in [5.74, 6) is -0.554. The molecule has 0 aromatic carbocycles. The molecular formula is C28H51NO7P+. The van der Waals surface area contributed by atoms with Crippen LogP contribution in [-0.2, 0) is 18.4 Å². The van der Waals surface area contributed by atoms with Gasteiger partial charge in [-0.1, -0.05) is 68.4 Å². The molecule has 0 radical (unpaired) electrons. The number of hydrogen-bond donors (Lipinski definition) is 3. The van der Waals surface area contributed by atoms with Gasteiger partial charge in [0, 0.05) is 6.42 Å². The summed E-state index contributed by atoms with van der Waals surface area (Å²) < 4.78 is 22.6. The van der Waals surface area contributed by atoms with Crippen LogP contribution < -0.4 is 0 Å². The van der Waals surface area contributed by atoms with Gasteiger partial charge in [0.05, 0.1) is 27.7 Å². The Bertz CT molecular complexity index is 756.